The Morgan fingerprint density at radius 1 is 0.964 bits per heavy atom. The molecule has 3 aromatic rings. The highest BCUT2D eigenvalue weighted by atomic mass is 32.2. The Balaban J connectivity index is 1.45. The molecule has 0 atom stereocenters. The van der Waals surface area contributed by atoms with Crippen LogP contribution >= 0.6 is 24.0 Å². The van der Waals surface area contributed by atoms with Gasteiger partial charge in [-0.2, -0.15) is 5.10 Å². The molecule has 0 amide bonds. The SMILES string of the molecule is CC(=NNC(=S)Nc1cccc(C)c1)c1ccc2c(c1)Nc1ccccc1S2. The van der Waals surface area contributed by atoms with Crippen molar-refractivity contribution in [3.05, 3.63) is 77.9 Å². The lowest BCUT2D eigenvalue weighted by Crippen LogP contribution is -2.25. The summed E-state index contributed by atoms with van der Waals surface area (Å²) in [5, 5.41) is 11.6. The third-order valence-electron chi connectivity index (χ3n) is 4.37. The maximum Gasteiger partial charge on any atom is 0.191 e. The van der Waals surface area contributed by atoms with E-state index in [2.05, 4.69) is 57.6 Å². The number of nitrogens with one attached hydrogen (secondary N) is 3. The number of thiocarbonyl (C=S) groups is 1. The second kappa shape index (κ2) is 8.04. The van der Waals surface area contributed by atoms with E-state index in [0.29, 0.717) is 5.11 Å². The van der Waals surface area contributed by atoms with Gasteiger partial charge in [-0.05, 0) is 73.6 Å². The fraction of sp³-hybridized carbons (Fsp3) is 0.0909. The van der Waals surface area contributed by atoms with Crippen LogP contribution in [0.25, 0.3) is 0 Å². The van der Waals surface area contributed by atoms with Crippen molar-refractivity contribution in [1.29, 1.82) is 0 Å². The highest BCUT2D eigenvalue weighted by Crippen LogP contribution is 2.44. The molecule has 0 spiro atoms. The molecule has 4 rings (SSSR count). The number of hydrogen-bond acceptors (Lipinski definition) is 4. The van der Waals surface area contributed by atoms with Crippen LogP contribution in [-0.4, -0.2) is 10.8 Å². The Morgan fingerprint density at radius 2 is 1.79 bits per heavy atom. The average molecular weight is 405 g/mol. The molecule has 0 fully saturated rings. The molecule has 140 valence electrons. The van der Waals surface area contributed by atoms with Crippen molar-refractivity contribution in [3.8, 4) is 0 Å². The Hall–Kier alpha value is -2.83. The van der Waals surface area contributed by atoms with Gasteiger partial charge in [-0.1, -0.05) is 42.1 Å². The third-order valence-corrected chi connectivity index (χ3v) is 5.72. The highest BCUT2D eigenvalue weighted by molar-refractivity contribution is 7.99. The largest absolute Gasteiger partial charge is 0.354 e. The van der Waals surface area contributed by atoms with Crippen molar-refractivity contribution in [3.63, 3.8) is 0 Å². The van der Waals surface area contributed by atoms with Gasteiger partial charge < -0.3 is 10.6 Å². The minimum absolute atomic E-state index is 0.463. The maximum absolute atomic E-state index is 5.34. The second-order valence-corrected chi connectivity index (χ2v) is 8.06. The van der Waals surface area contributed by atoms with Crippen molar-refractivity contribution in [2.24, 2.45) is 5.10 Å². The van der Waals surface area contributed by atoms with Crippen LogP contribution in [0.3, 0.4) is 0 Å². The molecule has 1 heterocycles. The van der Waals surface area contributed by atoms with Crippen LogP contribution in [0.15, 0.2) is 81.6 Å². The Labute approximate surface area is 174 Å². The fourth-order valence-corrected chi connectivity index (χ4v) is 4.08. The first kappa shape index (κ1) is 18.5. The quantitative estimate of drug-likeness (QED) is 0.225. The summed E-state index contributed by atoms with van der Waals surface area (Å²) in [4.78, 5) is 2.45. The zero-order valence-corrected chi connectivity index (χ0v) is 17.2. The van der Waals surface area contributed by atoms with Gasteiger partial charge in [0.2, 0.25) is 0 Å². The average Bonchev–Trinajstić information content (AvgIpc) is 2.70. The number of aryl methyl sites for hydroxylation is 1. The standard InChI is InChI=1S/C22H20N4S2/c1-14-6-5-7-17(12-14)23-22(27)26-25-15(2)16-10-11-21-19(13-16)24-18-8-3-4-9-20(18)28-21/h3-13,24H,1-2H3,(H2,23,26,27). The molecular weight excluding hydrogens is 384 g/mol. The first-order valence-corrected chi connectivity index (χ1v) is 10.2. The van der Waals surface area contributed by atoms with Crippen LogP contribution in [0.1, 0.15) is 18.1 Å². The van der Waals surface area contributed by atoms with E-state index in [0.717, 1.165) is 28.3 Å². The van der Waals surface area contributed by atoms with E-state index in [1.54, 1.807) is 11.8 Å². The van der Waals surface area contributed by atoms with Crippen molar-refractivity contribution in [2.75, 3.05) is 10.6 Å². The van der Waals surface area contributed by atoms with Gasteiger partial charge in [0.25, 0.3) is 0 Å². The number of nitrogens with zero attached hydrogens (tertiary/aromatic N) is 1. The summed E-state index contributed by atoms with van der Waals surface area (Å²) in [5.74, 6) is 0. The van der Waals surface area contributed by atoms with Gasteiger partial charge in [0, 0.05) is 15.5 Å². The number of para-hydroxylation sites is 1. The van der Waals surface area contributed by atoms with E-state index in [4.69, 9.17) is 12.2 Å². The van der Waals surface area contributed by atoms with Crippen molar-refractivity contribution in [1.82, 2.24) is 5.43 Å². The number of fused-ring (bicyclic) bond motifs is 2. The molecule has 1 aliphatic heterocycles. The normalized spacial score (nSPS) is 12.4. The zero-order chi connectivity index (χ0) is 19.5. The van der Waals surface area contributed by atoms with E-state index < -0.39 is 0 Å². The minimum Gasteiger partial charge on any atom is -0.354 e. The van der Waals surface area contributed by atoms with E-state index >= 15 is 0 Å². The van der Waals surface area contributed by atoms with Gasteiger partial charge in [0.1, 0.15) is 0 Å². The van der Waals surface area contributed by atoms with Gasteiger partial charge in [-0.15, -0.1) is 0 Å². The van der Waals surface area contributed by atoms with Gasteiger partial charge in [-0.3, -0.25) is 5.43 Å². The molecule has 0 bridgehead atoms. The highest BCUT2D eigenvalue weighted by Gasteiger charge is 2.15. The van der Waals surface area contributed by atoms with Crippen LogP contribution in [0.5, 0.6) is 0 Å². The third kappa shape index (κ3) is 4.18. The summed E-state index contributed by atoms with van der Waals surface area (Å²) >= 11 is 7.12. The molecule has 3 aromatic carbocycles. The maximum atomic E-state index is 5.34. The van der Waals surface area contributed by atoms with Gasteiger partial charge in [0.15, 0.2) is 5.11 Å². The number of hydrogen-bond donors (Lipinski definition) is 3. The Morgan fingerprint density at radius 3 is 2.64 bits per heavy atom. The molecule has 3 N–H and O–H groups in total. The van der Waals surface area contributed by atoms with E-state index in [9.17, 15) is 0 Å². The Bertz CT molecular complexity index is 1080. The second-order valence-electron chi connectivity index (χ2n) is 6.57. The number of benzene rings is 3. The van der Waals surface area contributed by atoms with E-state index in [-0.39, 0.29) is 0 Å². The number of rotatable bonds is 3. The molecule has 4 nitrogen and oxygen atoms in total. The summed E-state index contributed by atoms with van der Waals surface area (Å²) in [7, 11) is 0. The molecule has 28 heavy (non-hydrogen) atoms. The molecule has 0 aromatic heterocycles. The lowest BCUT2D eigenvalue weighted by Gasteiger charge is -2.21. The molecule has 0 saturated heterocycles. The lowest BCUT2D eigenvalue weighted by atomic mass is 10.1. The molecule has 6 heteroatoms. The predicted molar refractivity (Wildman–Crippen MR) is 123 cm³/mol. The van der Waals surface area contributed by atoms with Gasteiger partial charge in [-0.25, -0.2) is 0 Å². The van der Waals surface area contributed by atoms with Crippen molar-refractivity contribution < 1.29 is 0 Å². The topological polar surface area (TPSA) is 48.5 Å². The van der Waals surface area contributed by atoms with E-state index in [1.807, 2.05) is 44.2 Å². The molecule has 1 aliphatic rings. The molecule has 0 unspecified atom stereocenters. The summed E-state index contributed by atoms with van der Waals surface area (Å²) in [5.41, 5.74) is 9.17. The Kier molecular flexibility index (Phi) is 5.32. The van der Waals surface area contributed by atoms with Crippen LogP contribution in [0, 0.1) is 6.92 Å². The van der Waals surface area contributed by atoms with Gasteiger partial charge >= 0.3 is 0 Å². The first-order valence-electron chi connectivity index (χ1n) is 8.95. The molecule has 0 saturated carbocycles. The van der Waals surface area contributed by atoms with Crippen LogP contribution in [0.4, 0.5) is 17.1 Å². The summed E-state index contributed by atoms with van der Waals surface area (Å²) < 4.78 is 0. The number of anilines is 3. The molecular formula is C22H20N4S2. The lowest BCUT2D eigenvalue weighted by molar-refractivity contribution is 1.04. The van der Waals surface area contributed by atoms with Crippen molar-refractivity contribution >= 4 is 51.9 Å². The summed E-state index contributed by atoms with van der Waals surface area (Å²) in [6, 6.07) is 22.7. The smallest absolute Gasteiger partial charge is 0.191 e. The minimum atomic E-state index is 0.463. The summed E-state index contributed by atoms with van der Waals surface area (Å²) in [6.07, 6.45) is 0. The van der Waals surface area contributed by atoms with Crippen LogP contribution in [0.2, 0.25) is 0 Å². The molecule has 0 radical (unpaired) electrons. The van der Waals surface area contributed by atoms with Crippen LogP contribution in [-0.2, 0) is 0 Å². The molecule has 0 aliphatic carbocycles. The summed E-state index contributed by atoms with van der Waals surface area (Å²) in [6.45, 7) is 4.01. The first-order chi connectivity index (χ1) is 13.6. The van der Waals surface area contributed by atoms with Crippen LogP contribution < -0.4 is 16.1 Å². The fourth-order valence-electron chi connectivity index (χ4n) is 2.95. The van der Waals surface area contributed by atoms with E-state index in [1.165, 1.54) is 15.4 Å². The monoisotopic (exact) mass is 404 g/mol. The van der Waals surface area contributed by atoms with Crippen molar-refractivity contribution in [2.45, 2.75) is 23.6 Å². The van der Waals surface area contributed by atoms with Gasteiger partial charge in [0.05, 0.1) is 17.1 Å². The number of hydrazone groups is 1. The predicted octanol–water partition coefficient (Wildman–Crippen LogP) is 5.91. The zero-order valence-electron chi connectivity index (χ0n) is 15.6.